The molecule has 0 atom stereocenters. The van der Waals surface area contributed by atoms with Crippen molar-refractivity contribution in [3.63, 3.8) is 0 Å². The molecule has 0 amide bonds. The Labute approximate surface area is 137 Å². The molecular weight excluding hydrogens is 312 g/mol. The molecule has 122 valence electrons. The van der Waals surface area contributed by atoms with Crippen LogP contribution >= 0.6 is 0 Å². The number of carbonyl (C=O) groups is 1. The second kappa shape index (κ2) is 6.41. The second-order valence-corrected chi connectivity index (χ2v) is 4.88. The summed E-state index contributed by atoms with van der Waals surface area (Å²) in [6, 6.07) is 11.6. The number of hydrogen-bond acceptors (Lipinski definition) is 6. The number of hydrogen-bond donors (Lipinski definition) is 1. The highest BCUT2D eigenvalue weighted by molar-refractivity contribution is 5.89. The number of benzene rings is 2. The number of carboxylic acid groups (broad SMARTS) is 1. The summed E-state index contributed by atoms with van der Waals surface area (Å²) < 4.78 is 15.7. The maximum atomic E-state index is 11.1. The van der Waals surface area contributed by atoms with Crippen LogP contribution in [0.25, 0.3) is 22.8 Å². The number of methoxy groups -OCH3 is 2. The summed E-state index contributed by atoms with van der Waals surface area (Å²) in [6.07, 6.45) is 0. The molecule has 2 aromatic carbocycles. The Bertz CT molecular complexity index is 888. The van der Waals surface area contributed by atoms with Crippen molar-refractivity contribution in [2.75, 3.05) is 14.2 Å². The predicted molar refractivity (Wildman–Crippen MR) is 85.2 cm³/mol. The summed E-state index contributed by atoms with van der Waals surface area (Å²) in [5.41, 5.74) is 1.39. The Hall–Kier alpha value is -3.35. The van der Waals surface area contributed by atoms with Crippen LogP contribution in [0.15, 0.2) is 47.0 Å². The highest BCUT2D eigenvalue weighted by atomic mass is 16.5. The SMILES string of the molecule is COc1ccc(-c2nc(-c3cccc(C(=O)O)c3)no2)cc1OC. The van der Waals surface area contributed by atoms with Gasteiger partial charge in [0.25, 0.3) is 5.89 Å². The van der Waals surface area contributed by atoms with E-state index in [4.69, 9.17) is 19.1 Å². The molecule has 0 saturated carbocycles. The van der Waals surface area contributed by atoms with Crippen LogP contribution in [0, 0.1) is 0 Å². The van der Waals surface area contributed by atoms with Crippen molar-refractivity contribution in [1.82, 2.24) is 10.1 Å². The van der Waals surface area contributed by atoms with E-state index in [2.05, 4.69) is 10.1 Å². The van der Waals surface area contributed by atoms with Crippen LogP contribution in [0.5, 0.6) is 11.5 Å². The molecule has 0 radical (unpaired) electrons. The van der Waals surface area contributed by atoms with E-state index in [-0.39, 0.29) is 5.56 Å². The first-order valence-corrected chi connectivity index (χ1v) is 7.02. The highest BCUT2D eigenvalue weighted by Gasteiger charge is 2.14. The van der Waals surface area contributed by atoms with Crippen molar-refractivity contribution in [2.24, 2.45) is 0 Å². The Morgan fingerprint density at radius 3 is 2.54 bits per heavy atom. The number of carboxylic acids is 1. The molecule has 1 aromatic heterocycles. The molecule has 0 aliphatic heterocycles. The van der Waals surface area contributed by atoms with E-state index in [0.717, 1.165) is 0 Å². The average Bonchev–Trinajstić information content (AvgIpc) is 3.11. The van der Waals surface area contributed by atoms with Crippen molar-refractivity contribution in [1.29, 1.82) is 0 Å². The Balaban J connectivity index is 1.96. The summed E-state index contributed by atoms with van der Waals surface area (Å²) in [5, 5.41) is 13.0. The van der Waals surface area contributed by atoms with E-state index in [1.54, 1.807) is 37.4 Å². The van der Waals surface area contributed by atoms with Crippen molar-refractivity contribution in [2.45, 2.75) is 0 Å². The average molecular weight is 326 g/mol. The van der Waals surface area contributed by atoms with Gasteiger partial charge in [0.15, 0.2) is 11.5 Å². The summed E-state index contributed by atoms with van der Waals surface area (Å²) in [6.45, 7) is 0. The zero-order valence-corrected chi connectivity index (χ0v) is 13.0. The number of ether oxygens (including phenoxy) is 2. The standard InChI is InChI=1S/C17H14N2O5/c1-22-13-7-6-11(9-14(13)23-2)16-18-15(19-24-16)10-4-3-5-12(8-10)17(20)21/h3-9H,1-2H3,(H,20,21). The summed E-state index contributed by atoms with van der Waals surface area (Å²) in [7, 11) is 3.09. The number of aromatic nitrogens is 2. The normalized spacial score (nSPS) is 10.4. The lowest BCUT2D eigenvalue weighted by Crippen LogP contribution is -1.96. The minimum atomic E-state index is -1.01. The molecule has 7 nitrogen and oxygen atoms in total. The van der Waals surface area contributed by atoms with Gasteiger partial charge in [-0.1, -0.05) is 17.3 Å². The lowest BCUT2D eigenvalue weighted by Gasteiger charge is -2.07. The molecule has 0 bridgehead atoms. The monoisotopic (exact) mass is 326 g/mol. The molecule has 0 spiro atoms. The van der Waals surface area contributed by atoms with Gasteiger partial charge in [-0.15, -0.1) is 0 Å². The summed E-state index contributed by atoms with van der Waals surface area (Å²) >= 11 is 0. The maximum Gasteiger partial charge on any atom is 0.335 e. The van der Waals surface area contributed by atoms with Crippen LogP contribution in [0.4, 0.5) is 0 Å². The molecule has 24 heavy (non-hydrogen) atoms. The van der Waals surface area contributed by atoms with Gasteiger partial charge in [0.2, 0.25) is 5.82 Å². The van der Waals surface area contributed by atoms with E-state index >= 15 is 0 Å². The molecule has 0 aliphatic rings. The minimum absolute atomic E-state index is 0.157. The number of aromatic carboxylic acids is 1. The molecule has 1 N–H and O–H groups in total. The second-order valence-electron chi connectivity index (χ2n) is 4.88. The van der Waals surface area contributed by atoms with Crippen LogP contribution in [-0.4, -0.2) is 35.4 Å². The third kappa shape index (κ3) is 2.91. The molecule has 3 aromatic rings. The Kier molecular flexibility index (Phi) is 4.15. The first-order valence-electron chi connectivity index (χ1n) is 7.02. The van der Waals surface area contributed by atoms with Crippen LogP contribution < -0.4 is 9.47 Å². The van der Waals surface area contributed by atoms with Crippen LogP contribution in [0.2, 0.25) is 0 Å². The molecule has 0 fully saturated rings. The molecule has 0 unspecified atom stereocenters. The van der Waals surface area contributed by atoms with Gasteiger partial charge in [0.1, 0.15) is 0 Å². The first kappa shape index (κ1) is 15.5. The van der Waals surface area contributed by atoms with E-state index in [1.807, 2.05) is 0 Å². The Morgan fingerprint density at radius 2 is 1.83 bits per heavy atom. The highest BCUT2D eigenvalue weighted by Crippen LogP contribution is 2.32. The third-order valence-corrected chi connectivity index (χ3v) is 3.42. The zero-order chi connectivity index (χ0) is 17.1. The fourth-order valence-electron chi connectivity index (χ4n) is 2.22. The van der Waals surface area contributed by atoms with Gasteiger partial charge in [-0.2, -0.15) is 4.98 Å². The van der Waals surface area contributed by atoms with Gasteiger partial charge < -0.3 is 19.1 Å². The van der Waals surface area contributed by atoms with E-state index in [9.17, 15) is 4.79 Å². The molecule has 0 saturated heterocycles. The van der Waals surface area contributed by atoms with Gasteiger partial charge in [0, 0.05) is 11.1 Å². The molecule has 1 heterocycles. The van der Waals surface area contributed by atoms with Crippen LogP contribution in [-0.2, 0) is 0 Å². The fourth-order valence-corrected chi connectivity index (χ4v) is 2.22. The molecule has 0 aliphatic carbocycles. The quantitative estimate of drug-likeness (QED) is 0.769. The topological polar surface area (TPSA) is 94.7 Å². The van der Waals surface area contributed by atoms with Crippen molar-refractivity contribution in [3.05, 3.63) is 48.0 Å². The van der Waals surface area contributed by atoms with Gasteiger partial charge in [-0.3, -0.25) is 0 Å². The van der Waals surface area contributed by atoms with Crippen LogP contribution in [0.1, 0.15) is 10.4 Å². The Morgan fingerprint density at radius 1 is 1.04 bits per heavy atom. The van der Waals surface area contributed by atoms with Crippen molar-refractivity contribution >= 4 is 5.97 Å². The minimum Gasteiger partial charge on any atom is -0.493 e. The van der Waals surface area contributed by atoms with E-state index in [0.29, 0.717) is 34.3 Å². The third-order valence-electron chi connectivity index (χ3n) is 3.42. The first-order chi connectivity index (χ1) is 11.6. The van der Waals surface area contributed by atoms with Crippen molar-refractivity contribution in [3.8, 4) is 34.3 Å². The smallest absolute Gasteiger partial charge is 0.335 e. The fraction of sp³-hybridized carbons (Fsp3) is 0.118. The van der Waals surface area contributed by atoms with Crippen LogP contribution in [0.3, 0.4) is 0 Å². The maximum absolute atomic E-state index is 11.1. The van der Waals surface area contributed by atoms with E-state index < -0.39 is 5.97 Å². The van der Waals surface area contributed by atoms with Gasteiger partial charge in [0.05, 0.1) is 19.8 Å². The number of rotatable bonds is 5. The summed E-state index contributed by atoms with van der Waals surface area (Å²) in [4.78, 5) is 15.4. The predicted octanol–water partition coefficient (Wildman–Crippen LogP) is 3.12. The number of nitrogens with zero attached hydrogens (tertiary/aromatic N) is 2. The largest absolute Gasteiger partial charge is 0.493 e. The van der Waals surface area contributed by atoms with Gasteiger partial charge >= 0.3 is 5.97 Å². The van der Waals surface area contributed by atoms with E-state index in [1.165, 1.54) is 19.2 Å². The molecule has 7 heteroatoms. The molecule has 3 rings (SSSR count). The van der Waals surface area contributed by atoms with Gasteiger partial charge in [-0.25, -0.2) is 4.79 Å². The van der Waals surface area contributed by atoms with Crippen molar-refractivity contribution < 1.29 is 23.9 Å². The lowest BCUT2D eigenvalue weighted by molar-refractivity contribution is 0.0697. The zero-order valence-electron chi connectivity index (χ0n) is 13.0. The molecular formula is C17H14N2O5. The van der Waals surface area contributed by atoms with Gasteiger partial charge in [-0.05, 0) is 30.3 Å². The summed E-state index contributed by atoms with van der Waals surface area (Å²) in [5.74, 6) is 0.729. The lowest BCUT2D eigenvalue weighted by atomic mass is 10.1.